The summed E-state index contributed by atoms with van der Waals surface area (Å²) >= 11 is 0. The number of aromatic amines is 1. The Morgan fingerprint density at radius 3 is 2.56 bits per heavy atom. The van der Waals surface area contributed by atoms with Crippen molar-refractivity contribution in [3.8, 4) is 0 Å². The maximum Gasteiger partial charge on any atom is 0.402 e. The highest BCUT2D eigenvalue weighted by Gasteiger charge is 2.37. The standard InChI is InChI=1S/C8H12F3N3O3S/c1-2-14(5-8(9,10)11)18(16,17)7-6(4-15)3-12-13-7/h3,15H,2,4-5H2,1H3,(H,12,13). The molecular formula is C8H12F3N3O3S. The van der Waals surface area contributed by atoms with Crippen LogP contribution in [0.2, 0.25) is 0 Å². The molecule has 1 heterocycles. The fourth-order valence-corrected chi connectivity index (χ4v) is 2.86. The highest BCUT2D eigenvalue weighted by molar-refractivity contribution is 7.89. The van der Waals surface area contributed by atoms with Crippen LogP contribution in [0.1, 0.15) is 12.5 Å². The molecule has 10 heteroatoms. The Morgan fingerprint density at radius 1 is 1.50 bits per heavy atom. The summed E-state index contributed by atoms with van der Waals surface area (Å²) in [6.07, 6.45) is -3.59. The number of aromatic nitrogens is 2. The van der Waals surface area contributed by atoms with Crippen molar-refractivity contribution in [2.24, 2.45) is 0 Å². The molecular weight excluding hydrogens is 275 g/mol. The molecule has 0 fully saturated rings. The van der Waals surface area contributed by atoms with Crippen molar-refractivity contribution in [3.05, 3.63) is 11.8 Å². The third kappa shape index (κ3) is 3.21. The van der Waals surface area contributed by atoms with E-state index in [-0.39, 0.29) is 16.4 Å². The van der Waals surface area contributed by atoms with Gasteiger partial charge in [-0.05, 0) is 0 Å². The van der Waals surface area contributed by atoms with E-state index in [9.17, 15) is 21.6 Å². The van der Waals surface area contributed by atoms with Crippen LogP contribution in [0.5, 0.6) is 0 Å². The lowest BCUT2D eigenvalue weighted by molar-refractivity contribution is -0.135. The second-order valence-corrected chi connectivity index (χ2v) is 5.30. The first-order chi connectivity index (χ1) is 8.22. The number of alkyl halides is 3. The van der Waals surface area contributed by atoms with Crippen molar-refractivity contribution in [2.75, 3.05) is 13.1 Å². The molecule has 1 rings (SSSR count). The Kier molecular flexibility index (Phi) is 4.35. The molecule has 0 aliphatic carbocycles. The second kappa shape index (κ2) is 5.24. The molecule has 0 amide bonds. The number of hydrogen-bond acceptors (Lipinski definition) is 4. The van der Waals surface area contributed by atoms with Gasteiger partial charge in [0.1, 0.15) is 6.54 Å². The normalized spacial score (nSPS) is 13.2. The van der Waals surface area contributed by atoms with Gasteiger partial charge in [-0.25, -0.2) is 8.42 Å². The van der Waals surface area contributed by atoms with Crippen LogP contribution in [0.25, 0.3) is 0 Å². The van der Waals surface area contributed by atoms with E-state index in [1.165, 1.54) is 6.92 Å². The van der Waals surface area contributed by atoms with Crippen molar-refractivity contribution in [1.82, 2.24) is 14.5 Å². The van der Waals surface area contributed by atoms with Crippen molar-refractivity contribution in [3.63, 3.8) is 0 Å². The number of nitrogens with zero attached hydrogens (tertiary/aromatic N) is 2. The molecule has 0 bridgehead atoms. The van der Waals surface area contributed by atoms with E-state index < -0.39 is 34.4 Å². The summed E-state index contributed by atoms with van der Waals surface area (Å²) in [6, 6.07) is 0. The lowest BCUT2D eigenvalue weighted by Crippen LogP contribution is -2.39. The van der Waals surface area contributed by atoms with E-state index in [0.717, 1.165) is 6.20 Å². The summed E-state index contributed by atoms with van der Waals surface area (Å²) in [4.78, 5) is 0. The molecule has 0 saturated heterocycles. The molecule has 0 aromatic carbocycles. The minimum Gasteiger partial charge on any atom is -0.392 e. The molecule has 0 aliphatic rings. The predicted octanol–water partition coefficient (Wildman–Crippen LogP) is 0.475. The van der Waals surface area contributed by atoms with Gasteiger partial charge in [0.25, 0.3) is 10.0 Å². The van der Waals surface area contributed by atoms with Crippen molar-refractivity contribution in [1.29, 1.82) is 0 Å². The monoisotopic (exact) mass is 287 g/mol. The third-order valence-electron chi connectivity index (χ3n) is 2.15. The van der Waals surface area contributed by atoms with Crippen LogP contribution in [-0.4, -0.2) is 47.3 Å². The number of halogens is 3. The lowest BCUT2D eigenvalue weighted by atomic mass is 10.4. The smallest absolute Gasteiger partial charge is 0.392 e. The maximum atomic E-state index is 12.3. The van der Waals surface area contributed by atoms with E-state index in [2.05, 4.69) is 10.2 Å². The molecule has 0 aliphatic heterocycles. The molecule has 0 spiro atoms. The number of aliphatic hydroxyl groups excluding tert-OH is 1. The number of nitrogens with one attached hydrogen (secondary N) is 1. The van der Waals surface area contributed by atoms with Gasteiger partial charge in [-0.15, -0.1) is 0 Å². The molecule has 0 unspecified atom stereocenters. The van der Waals surface area contributed by atoms with Crippen LogP contribution in [0.3, 0.4) is 0 Å². The van der Waals surface area contributed by atoms with E-state index in [0.29, 0.717) is 0 Å². The summed E-state index contributed by atoms with van der Waals surface area (Å²) in [5.41, 5.74) is -0.0735. The summed E-state index contributed by atoms with van der Waals surface area (Å²) in [6.45, 7) is -1.27. The molecule has 1 aromatic rings. The van der Waals surface area contributed by atoms with Crippen LogP contribution in [0.4, 0.5) is 13.2 Å². The van der Waals surface area contributed by atoms with Gasteiger partial charge in [0.2, 0.25) is 0 Å². The molecule has 2 N–H and O–H groups in total. The van der Waals surface area contributed by atoms with Gasteiger partial charge in [-0.2, -0.15) is 22.6 Å². The van der Waals surface area contributed by atoms with E-state index in [1.54, 1.807) is 0 Å². The van der Waals surface area contributed by atoms with Crippen LogP contribution in [-0.2, 0) is 16.6 Å². The van der Waals surface area contributed by atoms with E-state index in [4.69, 9.17) is 5.11 Å². The maximum absolute atomic E-state index is 12.3. The summed E-state index contributed by atoms with van der Waals surface area (Å²) < 4.78 is 60.9. The molecule has 0 atom stereocenters. The zero-order chi connectivity index (χ0) is 14.0. The molecule has 1 aromatic heterocycles. The predicted molar refractivity (Wildman–Crippen MR) is 55.0 cm³/mol. The van der Waals surface area contributed by atoms with Crippen LogP contribution in [0, 0.1) is 0 Å². The van der Waals surface area contributed by atoms with Crippen molar-refractivity contribution >= 4 is 10.0 Å². The number of hydrogen-bond donors (Lipinski definition) is 2. The third-order valence-corrected chi connectivity index (χ3v) is 4.09. The van der Waals surface area contributed by atoms with Crippen LogP contribution >= 0.6 is 0 Å². The van der Waals surface area contributed by atoms with E-state index in [1.807, 2.05) is 0 Å². The zero-order valence-electron chi connectivity index (χ0n) is 9.40. The Bertz CT molecular complexity index is 497. The summed E-state index contributed by atoms with van der Waals surface area (Å²) in [7, 11) is -4.35. The fourth-order valence-electron chi connectivity index (χ4n) is 1.33. The van der Waals surface area contributed by atoms with Crippen LogP contribution < -0.4 is 0 Å². The average molecular weight is 287 g/mol. The van der Waals surface area contributed by atoms with E-state index >= 15 is 0 Å². The summed E-state index contributed by atoms with van der Waals surface area (Å²) in [5.74, 6) is 0. The molecule has 0 radical (unpaired) electrons. The zero-order valence-corrected chi connectivity index (χ0v) is 10.2. The van der Waals surface area contributed by atoms with Gasteiger partial charge in [0.15, 0.2) is 5.03 Å². The van der Waals surface area contributed by atoms with Crippen LogP contribution in [0.15, 0.2) is 11.2 Å². The molecule has 104 valence electrons. The fraction of sp³-hybridized carbons (Fsp3) is 0.625. The largest absolute Gasteiger partial charge is 0.402 e. The van der Waals surface area contributed by atoms with Gasteiger partial charge in [0.05, 0.1) is 12.8 Å². The average Bonchev–Trinajstić information content (AvgIpc) is 2.72. The Hall–Kier alpha value is -1.13. The minimum absolute atomic E-state index is 0.0735. The minimum atomic E-state index is -4.64. The first-order valence-corrected chi connectivity index (χ1v) is 6.36. The number of sulfonamides is 1. The molecule has 6 nitrogen and oxygen atoms in total. The van der Waals surface area contributed by atoms with Gasteiger partial charge in [-0.1, -0.05) is 6.92 Å². The van der Waals surface area contributed by atoms with Gasteiger partial charge < -0.3 is 5.11 Å². The van der Waals surface area contributed by atoms with Crippen molar-refractivity contribution in [2.45, 2.75) is 24.7 Å². The second-order valence-electron chi connectivity index (χ2n) is 3.43. The summed E-state index contributed by atoms with van der Waals surface area (Å²) in [5, 5.41) is 13.9. The Morgan fingerprint density at radius 2 is 2.11 bits per heavy atom. The van der Waals surface area contributed by atoms with Gasteiger partial charge in [0, 0.05) is 12.1 Å². The van der Waals surface area contributed by atoms with Crippen molar-refractivity contribution < 1.29 is 26.7 Å². The van der Waals surface area contributed by atoms with Gasteiger partial charge in [-0.3, -0.25) is 5.10 Å². The van der Waals surface area contributed by atoms with Gasteiger partial charge >= 0.3 is 6.18 Å². The first-order valence-electron chi connectivity index (χ1n) is 4.92. The SMILES string of the molecule is CCN(CC(F)(F)F)S(=O)(=O)c1[nH]ncc1CO. The highest BCUT2D eigenvalue weighted by Crippen LogP contribution is 2.23. The first kappa shape index (κ1) is 14.9. The number of rotatable bonds is 5. The number of H-pyrrole nitrogens is 1. The topological polar surface area (TPSA) is 86.3 Å². The molecule has 0 saturated carbocycles. The quantitative estimate of drug-likeness (QED) is 0.824. The highest BCUT2D eigenvalue weighted by atomic mass is 32.2. The Labute approximate surface area is 101 Å². The lowest BCUT2D eigenvalue weighted by Gasteiger charge is -2.21. The number of aliphatic hydroxyl groups is 1. The Balaban J connectivity index is 3.12. The molecule has 18 heavy (non-hydrogen) atoms.